The standard InChI is InChI=1S/C16H24N2O2/c1-4-5-10-17-16(19)11-18-14-8-6-7-9-15(14)20-12-13(2)3/h6-9,18H,2,4-5,10-12H2,1,3H3,(H,17,19). The highest BCUT2D eigenvalue weighted by atomic mass is 16.5. The van der Waals surface area contributed by atoms with E-state index in [1.807, 2.05) is 31.2 Å². The Morgan fingerprint density at radius 2 is 2.10 bits per heavy atom. The first kappa shape index (κ1) is 16.1. The van der Waals surface area contributed by atoms with Crippen LogP contribution in [0.4, 0.5) is 5.69 Å². The molecule has 0 saturated heterocycles. The highest BCUT2D eigenvalue weighted by molar-refractivity contribution is 5.81. The first-order valence-corrected chi connectivity index (χ1v) is 7.00. The monoisotopic (exact) mass is 276 g/mol. The van der Waals surface area contributed by atoms with Crippen LogP contribution in [0.1, 0.15) is 26.7 Å². The lowest BCUT2D eigenvalue weighted by atomic mass is 10.3. The van der Waals surface area contributed by atoms with Gasteiger partial charge in [-0.2, -0.15) is 0 Å². The van der Waals surface area contributed by atoms with Gasteiger partial charge in [-0.05, 0) is 31.1 Å². The number of carbonyl (C=O) groups is 1. The van der Waals surface area contributed by atoms with Crippen LogP contribution in [-0.4, -0.2) is 25.6 Å². The summed E-state index contributed by atoms with van der Waals surface area (Å²) in [5.74, 6) is 0.727. The summed E-state index contributed by atoms with van der Waals surface area (Å²) in [6.07, 6.45) is 2.08. The van der Waals surface area contributed by atoms with Gasteiger partial charge in [-0.1, -0.05) is 32.1 Å². The molecule has 1 aromatic carbocycles. The molecule has 0 saturated carbocycles. The molecule has 0 aliphatic heterocycles. The zero-order valence-corrected chi connectivity index (χ0v) is 12.4. The molecule has 110 valence electrons. The fourth-order valence-corrected chi connectivity index (χ4v) is 1.58. The van der Waals surface area contributed by atoms with Crippen molar-refractivity contribution in [3.8, 4) is 5.75 Å². The Hall–Kier alpha value is -1.97. The maximum atomic E-state index is 11.6. The second kappa shape index (κ2) is 9.02. The van der Waals surface area contributed by atoms with E-state index >= 15 is 0 Å². The third-order valence-corrected chi connectivity index (χ3v) is 2.65. The Labute approximate surface area is 121 Å². The van der Waals surface area contributed by atoms with Crippen LogP contribution < -0.4 is 15.4 Å². The number of unbranched alkanes of at least 4 members (excludes halogenated alkanes) is 1. The molecule has 0 atom stereocenters. The summed E-state index contributed by atoms with van der Waals surface area (Å²) in [5.41, 5.74) is 1.77. The number of rotatable bonds is 9. The number of amides is 1. The molecule has 0 radical (unpaired) electrons. The maximum Gasteiger partial charge on any atom is 0.239 e. The number of para-hydroxylation sites is 2. The number of nitrogens with one attached hydrogen (secondary N) is 2. The maximum absolute atomic E-state index is 11.6. The third kappa shape index (κ3) is 6.27. The zero-order chi connectivity index (χ0) is 14.8. The topological polar surface area (TPSA) is 50.4 Å². The lowest BCUT2D eigenvalue weighted by Crippen LogP contribution is -2.30. The van der Waals surface area contributed by atoms with Crippen LogP contribution in [0.5, 0.6) is 5.75 Å². The lowest BCUT2D eigenvalue weighted by molar-refractivity contribution is -0.119. The predicted octanol–water partition coefficient (Wildman–Crippen LogP) is 2.97. The van der Waals surface area contributed by atoms with E-state index < -0.39 is 0 Å². The molecule has 0 fully saturated rings. The first-order valence-electron chi connectivity index (χ1n) is 7.00. The summed E-state index contributed by atoms with van der Waals surface area (Å²) in [7, 11) is 0. The van der Waals surface area contributed by atoms with Crippen LogP contribution >= 0.6 is 0 Å². The molecule has 1 amide bonds. The summed E-state index contributed by atoms with van der Waals surface area (Å²) in [4.78, 5) is 11.6. The quantitative estimate of drug-likeness (QED) is 0.538. The molecule has 20 heavy (non-hydrogen) atoms. The van der Waals surface area contributed by atoms with E-state index in [2.05, 4.69) is 24.1 Å². The molecule has 0 bridgehead atoms. The molecule has 0 spiro atoms. The van der Waals surface area contributed by atoms with Crippen molar-refractivity contribution in [2.75, 3.05) is 25.0 Å². The zero-order valence-electron chi connectivity index (χ0n) is 12.4. The normalized spacial score (nSPS) is 9.90. The number of benzene rings is 1. The van der Waals surface area contributed by atoms with Crippen molar-refractivity contribution in [2.24, 2.45) is 0 Å². The predicted molar refractivity (Wildman–Crippen MR) is 83.2 cm³/mol. The summed E-state index contributed by atoms with van der Waals surface area (Å²) >= 11 is 0. The van der Waals surface area contributed by atoms with E-state index in [1.54, 1.807) is 0 Å². The molecule has 4 heteroatoms. The van der Waals surface area contributed by atoms with Crippen LogP contribution in [0, 0.1) is 0 Å². The summed E-state index contributed by atoms with van der Waals surface area (Å²) in [6, 6.07) is 7.58. The largest absolute Gasteiger partial charge is 0.487 e. The van der Waals surface area contributed by atoms with Crippen LogP contribution in [0.15, 0.2) is 36.4 Å². The Morgan fingerprint density at radius 3 is 2.80 bits per heavy atom. The average molecular weight is 276 g/mol. The van der Waals surface area contributed by atoms with Gasteiger partial charge in [0.1, 0.15) is 12.4 Å². The third-order valence-electron chi connectivity index (χ3n) is 2.65. The lowest BCUT2D eigenvalue weighted by Gasteiger charge is -2.13. The van der Waals surface area contributed by atoms with Crippen molar-refractivity contribution in [3.63, 3.8) is 0 Å². The van der Waals surface area contributed by atoms with Gasteiger partial charge >= 0.3 is 0 Å². The minimum Gasteiger partial charge on any atom is -0.487 e. The summed E-state index contributed by atoms with van der Waals surface area (Å²) < 4.78 is 5.64. The number of hydrogen-bond acceptors (Lipinski definition) is 3. The van der Waals surface area contributed by atoms with Gasteiger partial charge in [-0.15, -0.1) is 0 Å². The van der Waals surface area contributed by atoms with E-state index in [0.29, 0.717) is 6.61 Å². The highest BCUT2D eigenvalue weighted by Gasteiger charge is 2.05. The van der Waals surface area contributed by atoms with Crippen molar-refractivity contribution in [3.05, 3.63) is 36.4 Å². The van der Waals surface area contributed by atoms with E-state index in [1.165, 1.54) is 0 Å². The molecule has 0 aliphatic carbocycles. The molecule has 4 nitrogen and oxygen atoms in total. The molecule has 0 aromatic heterocycles. The smallest absolute Gasteiger partial charge is 0.239 e. The van der Waals surface area contributed by atoms with E-state index in [0.717, 1.165) is 36.4 Å². The van der Waals surface area contributed by atoms with Gasteiger partial charge in [0, 0.05) is 6.54 Å². The van der Waals surface area contributed by atoms with Crippen LogP contribution in [0.2, 0.25) is 0 Å². The van der Waals surface area contributed by atoms with Crippen molar-refractivity contribution in [1.29, 1.82) is 0 Å². The molecule has 0 unspecified atom stereocenters. The SMILES string of the molecule is C=C(C)COc1ccccc1NCC(=O)NCCCC. The van der Waals surface area contributed by atoms with Crippen LogP contribution in [-0.2, 0) is 4.79 Å². The molecule has 1 rings (SSSR count). The Morgan fingerprint density at radius 1 is 1.35 bits per heavy atom. The second-order valence-corrected chi connectivity index (χ2v) is 4.80. The molecular weight excluding hydrogens is 252 g/mol. The average Bonchev–Trinajstić information content (AvgIpc) is 2.44. The number of ether oxygens (including phenoxy) is 1. The fraction of sp³-hybridized carbons (Fsp3) is 0.438. The minimum atomic E-state index is -0.00634. The number of anilines is 1. The van der Waals surface area contributed by atoms with Gasteiger partial charge in [0.25, 0.3) is 0 Å². The summed E-state index contributed by atoms with van der Waals surface area (Å²) in [5, 5.41) is 5.96. The van der Waals surface area contributed by atoms with Gasteiger partial charge in [0.15, 0.2) is 0 Å². The summed E-state index contributed by atoms with van der Waals surface area (Å²) in [6.45, 7) is 9.26. The molecule has 2 N–H and O–H groups in total. The van der Waals surface area contributed by atoms with Gasteiger partial charge in [0.05, 0.1) is 12.2 Å². The van der Waals surface area contributed by atoms with Crippen molar-refractivity contribution < 1.29 is 9.53 Å². The van der Waals surface area contributed by atoms with Crippen molar-refractivity contribution in [1.82, 2.24) is 5.32 Å². The molecule has 0 heterocycles. The van der Waals surface area contributed by atoms with Gasteiger partial charge < -0.3 is 15.4 Å². The van der Waals surface area contributed by atoms with E-state index in [9.17, 15) is 4.79 Å². The molecule has 1 aromatic rings. The van der Waals surface area contributed by atoms with Gasteiger partial charge in [-0.3, -0.25) is 4.79 Å². The highest BCUT2D eigenvalue weighted by Crippen LogP contribution is 2.23. The Kier molecular flexibility index (Phi) is 7.25. The van der Waals surface area contributed by atoms with Crippen molar-refractivity contribution in [2.45, 2.75) is 26.7 Å². The minimum absolute atomic E-state index is 0.00634. The number of hydrogen-bond donors (Lipinski definition) is 2. The first-order chi connectivity index (χ1) is 9.63. The van der Waals surface area contributed by atoms with Crippen molar-refractivity contribution >= 4 is 11.6 Å². The van der Waals surface area contributed by atoms with E-state index in [-0.39, 0.29) is 12.5 Å². The van der Waals surface area contributed by atoms with Gasteiger partial charge in [-0.25, -0.2) is 0 Å². The molecular formula is C16H24N2O2. The molecule has 0 aliphatic rings. The Bertz CT molecular complexity index is 444. The Balaban J connectivity index is 2.46. The number of carbonyl (C=O) groups excluding carboxylic acids is 1. The second-order valence-electron chi connectivity index (χ2n) is 4.80. The fourth-order valence-electron chi connectivity index (χ4n) is 1.58. The van der Waals surface area contributed by atoms with Crippen LogP contribution in [0.3, 0.4) is 0 Å². The van der Waals surface area contributed by atoms with E-state index in [4.69, 9.17) is 4.74 Å². The van der Waals surface area contributed by atoms with Crippen LogP contribution in [0.25, 0.3) is 0 Å². The van der Waals surface area contributed by atoms with Gasteiger partial charge in [0.2, 0.25) is 5.91 Å².